The number of unbranched alkanes of at least 4 members (excludes halogenated alkanes) is 7. The van der Waals surface area contributed by atoms with Crippen molar-refractivity contribution in [2.75, 3.05) is 0 Å². The highest BCUT2D eigenvalue weighted by molar-refractivity contribution is 5.66. The molecular formula is C17H32O2. The molecule has 0 saturated carbocycles. The van der Waals surface area contributed by atoms with E-state index in [0.717, 1.165) is 18.8 Å². The molecule has 0 bridgehead atoms. The number of allylic oxidation sites excluding steroid dienone is 2. The molecular weight excluding hydrogens is 236 g/mol. The lowest BCUT2D eigenvalue weighted by molar-refractivity contribution is -0.137. The van der Waals surface area contributed by atoms with Crippen LogP contribution in [0.5, 0.6) is 0 Å². The number of hydrogen-bond acceptors (Lipinski definition) is 1. The zero-order chi connectivity index (χ0) is 14.3. The second kappa shape index (κ2) is 13.6. The summed E-state index contributed by atoms with van der Waals surface area (Å²) in [4.78, 5) is 10.3. The van der Waals surface area contributed by atoms with Gasteiger partial charge in [0.15, 0.2) is 0 Å². The first-order valence-corrected chi connectivity index (χ1v) is 8.03. The summed E-state index contributed by atoms with van der Waals surface area (Å²) in [6, 6.07) is 0. The first kappa shape index (κ1) is 18.2. The van der Waals surface area contributed by atoms with Gasteiger partial charge in [-0.15, -0.1) is 0 Å². The maximum Gasteiger partial charge on any atom is 0.303 e. The predicted octanol–water partition coefficient (Wildman–Crippen LogP) is 5.57. The summed E-state index contributed by atoms with van der Waals surface area (Å²) in [6.07, 6.45) is 17.0. The number of rotatable bonds is 13. The Kier molecular flexibility index (Phi) is 13.1. The number of aliphatic carboxylic acids is 1. The monoisotopic (exact) mass is 268 g/mol. The molecule has 0 aromatic rings. The van der Waals surface area contributed by atoms with Crippen molar-refractivity contribution in [2.45, 2.75) is 84.5 Å². The molecule has 0 spiro atoms. The Hall–Kier alpha value is -0.790. The lowest BCUT2D eigenvalue weighted by atomic mass is 10.0. The van der Waals surface area contributed by atoms with Gasteiger partial charge < -0.3 is 5.11 Å². The number of carbonyl (C=O) groups is 1. The molecule has 0 aliphatic carbocycles. The smallest absolute Gasteiger partial charge is 0.303 e. The summed E-state index contributed by atoms with van der Waals surface area (Å²) < 4.78 is 0. The SMILES string of the molecule is CC[C@H](C)C/C=C/CCCCCCCCCC(=O)O. The highest BCUT2D eigenvalue weighted by Gasteiger charge is 1.96. The molecule has 1 N–H and O–H groups in total. The van der Waals surface area contributed by atoms with Crippen molar-refractivity contribution in [3.05, 3.63) is 12.2 Å². The average molecular weight is 268 g/mol. The summed E-state index contributed by atoms with van der Waals surface area (Å²) in [7, 11) is 0. The van der Waals surface area contributed by atoms with Gasteiger partial charge in [-0.25, -0.2) is 0 Å². The quantitative estimate of drug-likeness (QED) is 0.350. The van der Waals surface area contributed by atoms with E-state index >= 15 is 0 Å². The fraction of sp³-hybridized carbons (Fsp3) is 0.824. The van der Waals surface area contributed by atoms with Gasteiger partial charge >= 0.3 is 5.97 Å². The Morgan fingerprint density at radius 3 is 2.16 bits per heavy atom. The van der Waals surface area contributed by atoms with Crippen molar-refractivity contribution in [1.82, 2.24) is 0 Å². The van der Waals surface area contributed by atoms with Gasteiger partial charge in [0.05, 0.1) is 0 Å². The van der Waals surface area contributed by atoms with Crippen LogP contribution in [-0.2, 0) is 4.79 Å². The van der Waals surface area contributed by atoms with E-state index < -0.39 is 5.97 Å². The maximum absolute atomic E-state index is 10.3. The van der Waals surface area contributed by atoms with E-state index in [9.17, 15) is 4.79 Å². The van der Waals surface area contributed by atoms with Gasteiger partial charge in [0.2, 0.25) is 0 Å². The second-order valence-corrected chi connectivity index (χ2v) is 5.63. The van der Waals surface area contributed by atoms with E-state index in [4.69, 9.17) is 5.11 Å². The van der Waals surface area contributed by atoms with Crippen molar-refractivity contribution in [3.63, 3.8) is 0 Å². The summed E-state index contributed by atoms with van der Waals surface area (Å²) in [5.41, 5.74) is 0. The molecule has 0 aliphatic rings. The lowest BCUT2D eigenvalue weighted by Gasteiger charge is -2.02. The molecule has 0 unspecified atom stereocenters. The van der Waals surface area contributed by atoms with E-state index in [2.05, 4.69) is 26.0 Å². The molecule has 0 heterocycles. The second-order valence-electron chi connectivity index (χ2n) is 5.63. The molecule has 1 atom stereocenters. The van der Waals surface area contributed by atoms with Crippen LogP contribution in [0.3, 0.4) is 0 Å². The summed E-state index contributed by atoms with van der Waals surface area (Å²) in [5, 5.41) is 8.50. The predicted molar refractivity (Wildman–Crippen MR) is 82.4 cm³/mol. The first-order valence-electron chi connectivity index (χ1n) is 8.03. The Labute approximate surface area is 119 Å². The number of hydrogen-bond donors (Lipinski definition) is 1. The normalized spacial score (nSPS) is 12.9. The molecule has 2 heteroatoms. The summed E-state index contributed by atoms with van der Waals surface area (Å²) in [6.45, 7) is 4.55. The molecule has 0 rings (SSSR count). The fourth-order valence-electron chi connectivity index (χ4n) is 2.04. The third kappa shape index (κ3) is 15.2. The molecule has 2 nitrogen and oxygen atoms in total. The van der Waals surface area contributed by atoms with Gasteiger partial charge in [-0.2, -0.15) is 0 Å². The molecule has 0 amide bonds. The van der Waals surface area contributed by atoms with Crippen molar-refractivity contribution in [2.24, 2.45) is 5.92 Å². The van der Waals surface area contributed by atoms with Crippen LogP contribution in [0, 0.1) is 5.92 Å². The zero-order valence-electron chi connectivity index (χ0n) is 12.9. The van der Waals surface area contributed by atoms with E-state index in [0.29, 0.717) is 6.42 Å². The van der Waals surface area contributed by atoms with Crippen LogP contribution in [0.15, 0.2) is 12.2 Å². The minimum Gasteiger partial charge on any atom is -0.481 e. The Morgan fingerprint density at radius 2 is 1.58 bits per heavy atom. The van der Waals surface area contributed by atoms with Crippen LogP contribution in [-0.4, -0.2) is 11.1 Å². The minimum absolute atomic E-state index is 0.334. The third-order valence-electron chi connectivity index (χ3n) is 3.66. The van der Waals surface area contributed by atoms with E-state index in [1.54, 1.807) is 0 Å². The molecule has 0 aliphatic heterocycles. The van der Waals surface area contributed by atoms with Crippen LogP contribution in [0.25, 0.3) is 0 Å². The van der Waals surface area contributed by atoms with Gasteiger partial charge in [-0.05, 0) is 31.6 Å². The number of carboxylic acids is 1. The first-order chi connectivity index (χ1) is 9.16. The van der Waals surface area contributed by atoms with E-state index in [-0.39, 0.29) is 0 Å². The highest BCUT2D eigenvalue weighted by atomic mass is 16.4. The number of carboxylic acid groups (broad SMARTS) is 1. The van der Waals surface area contributed by atoms with Gasteiger partial charge in [-0.3, -0.25) is 4.79 Å². The van der Waals surface area contributed by atoms with Crippen molar-refractivity contribution in [1.29, 1.82) is 0 Å². The Morgan fingerprint density at radius 1 is 1.00 bits per heavy atom. The molecule has 0 aromatic carbocycles. The summed E-state index contributed by atoms with van der Waals surface area (Å²) in [5.74, 6) is 0.159. The third-order valence-corrected chi connectivity index (χ3v) is 3.66. The van der Waals surface area contributed by atoms with Crippen molar-refractivity contribution in [3.8, 4) is 0 Å². The fourth-order valence-corrected chi connectivity index (χ4v) is 2.04. The van der Waals surface area contributed by atoms with E-state index in [1.807, 2.05) is 0 Å². The van der Waals surface area contributed by atoms with Crippen LogP contribution in [0.4, 0.5) is 0 Å². The van der Waals surface area contributed by atoms with Gasteiger partial charge in [0.1, 0.15) is 0 Å². The highest BCUT2D eigenvalue weighted by Crippen LogP contribution is 2.11. The summed E-state index contributed by atoms with van der Waals surface area (Å²) >= 11 is 0. The van der Waals surface area contributed by atoms with Crippen molar-refractivity contribution < 1.29 is 9.90 Å². The molecule has 0 radical (unpaired) electrons. The van der Waals surface area contributed by atoms with Crippen LogP contribution in [0.2, 0.25) is 0 Å². The molecule has 19 heavy (non-hydrogen) atoms. The minimum atomic E-state index is -0.663. The maximum atomic E-state index is 10.3. The van der Waals surface area contributed by atoms with Gasteiger partial charge in [0.25, 0.3) is 0 Å². The van der Waals surface area contributed by atoms with Gasteiger partial charge in [-0.1, -0.05) is 64.5 Å². The van der Waals surface area contributed by atoms with Crippen molar-refractivity contribution >= 4 is 5.97 Å². The molecule has 112 valence electrons. The van der Waals surface area contributed by atoms with Crippen LogP contribution in [0.1, 0.15) is 84.5 Å². The average Bonchev–Trinajstić information content (AvgIpc) is 2.39. The lowest BCUT2D eigenvalue weighted by Crippen LogP contribution is -1.93. The van der Waals surface area contributed by atoms with Crippen LogP contribution >= 0.6 is 0 Å². The largest absolute Gasteiger partial charge is 0.481 e. The van der Waals surface area contributed by atoms with Gasteiger partial charge in [0, 0.05) is 6.42 Å². The standard InChI is InChI=1S/C17H32O2/c1-3-16(2)14-12-10-8-6-4-5-7-9-11-13-15-17(18)19/h10,12,16H,3-9,11,13-15H2,1-2H3,(H,18,19)/b12-10+/t16-/m0/s1. The van der Waals surface area contributed by atoms with Crippen LogP contribution < -0.4 is 0 Å². The molecule has 0 aromatic heterocycles. The Balaban J connectivity index is 3.12. The molecule has 0 fully saturated rings. The Bertz CT molecular complexity index is 233. The molecule has 0 saturated heterocycles. The van der Waals surface area contributed by atoms with E-state index in [1.165, 1.54) is 51.4 Å². The topological polar surface area (TPSA) is 37.3 Å². The zero-order valence-corrected chi connectivity index (χ0v) is 12.9.